The normalized spacial score (nSPS) is 14.6. The number of rotatable bonds is 3. The second-order valence-electron chi connectivity index (χ2n) is 5.97. The fraction of sp³-hybridized carbons (Fsp3) is 0.222. The van der Waals surface area contributed by atoms with E-state index in [0.29, 0.717) is 5.56 Å². The predicted octanol–water partition coefficient (Wildman–Crippen LogP) is 1.20. The summed E-state index contributed by atoms with van der Waals surface area (Å²) in [5.74, 6) is 0.278. The molecule has 25 heavy (non-hydrogen) atoms. The minimum atomic E-state index is -0.449. The lowest BCUT2D eigenvalue weighted by molar-refractivity contribution is 0.100. The lowest BCUT2D eigenvalue weighted by Gasteiger charge is -2.27. The molecule has 0 aliphatic carbocycles. The average Bonchev–Trinajstić information content (AvgIpc) is 2.68. The summed E-state index contributed by atoms with van der Waals surface area (Å²) in [7, 11) is 0. The maximum absolute atomic E-state index is 11.4. The molecule has 0 atom stereocenters. The molecule has 0 bridgehead atoms. The number of hydrogen-bond acceptors (Lipinski definition) is 6. The van der Waals surface area contributed by atoms with Gasteiger partial charge in [0.2, 0.25) is 11.9 Å². The van der Waals surface area contributed by atoms with E-state index in [9.17, 15) is 4.79 Å². The van der Waals surface area contributed by atoms with Gasteiger partial charge in [-0.1, -0.05) is 0 Å². The Kier molecular flexibility index (Phi) is 3.99. The van der Waals surface area contributed by atoms with Crippen LogP contribution < -0.4 is 16.0 Å². The van der Waals surface area contributed by atoms with Crippen molar-refractivity contribution in [2.75, 3.05) is 31.1 Å². The van der Waals surface area contributed by atoms with Gasteiger partial charge in [-0.25, -0.2) is 9.97 Å². The molecule has 3 aromatic rings. The van der Waals surface area contributed by atoms with E-state index in [1.807, 2.05) is 12.1 Å². The van der Waals surface area contributed by atoms with Crippen LogP contribution in [0, 0.1) is 0 Å². The van der Waals surface area contributed by atoms with Crippen molar-refractivity contribution in [2.24, 2.45) is 5.73 Å². The molecule has 1 fully saturated rings. The Morgan fingerprint density at radius 3 is 2.76 bits per heavy atom. The number of aromatic nitrogens is 3. The summed E-state index contributed by atoms with van der Waals surface area (Å²) in [5, 5.41) is 4.18. The van der Waals surface area contributed by atoms with Crippen molar-refractivity contribution in [3.8, 4) is 11.3 Å². The molecule has 1 aliphatic rings. The summed E-state index contributed by atoms with van der Waals surface area (Å²) < 4.78 is 0. The molecule has 0 spiro atoms. The minimum Gasteiger partial charge on any atom is -0.366 e. The molecule has 0 radical (unpaired) electrons. The van der Waals surface area contributed by atoms with Gasteiger partial charge < -0.3 is 16.0 Å². The number of carbonyl (C=O) groups excluding carboxylic acids is 1. The van der Waals surface area contributed by atoms with Crippen molar-refractivity contribution in [3.05, 3.63) is 48.3 Å². The minimum absolute atomic E-state index is 0.449. The van der Waals surface area contributed by atoms with E-state index in [4.69, 9.17) is 5.73 Å². The monoisotopic (exact) mass is 334 g/mol. The molecule has 126 valence electrons. The maximum Gasteiger partial charge on any atom is 0.248 e. The van der Waals surface area contributed by atoms with E-state index >= 15 is 0 Å². The van der Waals surface area contributed by atoms with Gasteiger partial charge in [0.1, 0.15) is 0 Å². The predicted molar refractivity (Wildman–Crippen MR) is 96.4 cm³/mol. The molecule has 3 N–H and O–H groups in total. The van der Waals surface area contributed by atoms with Crippen molar-refractivity contribution in [2.45, 2.75) is 0 Å². The number of primary amides is 1. The Labute approximate surface area is 144 Å². The van der Waals surface area contributed by atoms with Crippen LogP contribution in [0.25, 0.3) is 22.2 Å². The van der Waals surface area contributed by atoms with Gasteiger partial charge in [-0.3, -0.25) is 9.78 Å². The Morgan fingerprint density at radius 1 is 1.12 bits per heavy atom. The zero-order valence-electron chi connectivity index (χ0n) is 13.6. The van der Waals surface area contributed by atoms with Crippen LogP contribution in [0.4, 0.5) is 5.95 Å². The van der Waals surface area contributed by atoms with Gasteiger partial charge in [0.15, 0.2) is 0 Å². The lowest BCUT2D eigenvalue weighted by Crippen LogP contribution is -2.44. The van der Waals surface area contributed by atoms with E-state index in [2.05, 4.69) is 25.2 Å². The second-order valence-corrected chi connectivity index (χ2v) is 5.97. The summed E-state index contributed by atoms with van der Waals surface area (Å²) in [6.07, 6.45) is 3.56. The highest BCUT2D eigenvalue weighted by atomic mass is 16.1. The first-order valence-corrected chi connectivity index (χ1v) is 8.19. The number of carbonyl (C=O) groups is 1. The standard InChI is InChI=1S/C18H18N6O/c19-17(25)12-1-2-15-13(9-12)10-14(11-22-15)16-3-4-21-18(23-16)24-7-5-20-6-8-24/h1-4,9-11,20H,5-8H2,(H2,19,25). The van der Waals surface area contributed by atoms with Crippen LogP contribution in [0.2, 0.25) is 0 Å². The van der Waals surface area contributed by atoms with Crippen LogP contribution in [0.5, 0.6) is 0 Å². The Morgan fingerprint density at radius 2 is 1.96 bits per heavy atom. The van der Waals surface area contributed by atoms with Crippen LogP contribution in [-0.2, 0) is 0 Å². The molecule has 4 rings (SSSR count). The first kappa shape index (κ1) is 15.5. The van der Waals surface area contributed by atoms with Crippen LogP contribution in [-0.4, -0.2) is 47.0 Å². The first-order chi connectivity index (χ1) is 12.2. The fourth-order valence-electron chi connectivity index (χ4n) is 2.95. The number of nitrogens with one attached hydrogen (secondary N) is 1. The highest BCUT2D eigenvalue weighted by molar-refractivity contribution is 5.97. The van der Waals surface area contributed by atoms with Crippen LogP contribution >= 0.6 is 0 Å². The summed E-state index contributed by atoms with van der Waals surface area (Å²) in [6.45, 7) is 3.64. The number of nitrogens with two attached hydrogens (primary N) is 1. The quantitative estimate of drug-likeness (QED) is 0.747. The molecule has 2 aromatic heterocycles. The van der Waals surface area contributed by atoms with Gasteiger partial charge in [0, 0.05) is 55.1 Å². The van der Waals surface area contributed by atoms with E-state index < -0.39 is 5.91 Å². The largest absolute Gasteiger partial charge is 0.366 e. The van der Waals surface area contributed by atoms with Gasteiger partial charge in [0.25, 0.3) is 0 Å². The Balaban J connectivity index is 1.72. The number of piperazine rings is 1. The Hall–Kier alpha value is -3.06. The second kappa shape index (κ2) is 6.45. The molecule has 1 aromatic carbocycles. The van der Waals surface area contributed by atoms with E-state index in [1.165, 1.54) is 0 Å². The first-order valence-electron chi connectivity index (χ1n) is 8.19. The van der Waals surface area contributed by atoms with Crippen molar-refractivity contribution in [1.29, 1.82) is 0 Å². The molecule has 1 saturated heterocycles. The molecular formula is C18H18N6O. The van der Waals surface area contributed by atoms with Crippen LogP contribution in [0.15, 0.2) is 42.7 Å². The third kappa shape index (κ3) is 3.14. The van der Waals surface area contributed by atoms with Gasteiger partial charge in [-0.15, -0.1) is 0 Å². The van der Waals surface area contributed by atoms with Gasteiger partial charge in [0.05, 0.1) is 11.2 Å². The zero-order valence-corrected chi connectivity index (χ0v) is 13.6. The van der Waals surface area contributed by atoms with Crippen molar-refractivity contribution < 1.29 is 4.79 Å². The number of anilines is 1. The maximum atomic E-state index is 11.4. The molecule has 0 saturated carbocycles. The van der Waals surface area contributed by atoms with E-state index in [-0.39, 0.29) is 0 Å². The third-order valence-corrected chi connectivity index (χ3v) is 4.30. The Bertz CT molecular complexity index is 936. The lowest BCUT2D eigenvalue weighted by atomic mass is 10.1. The fourth-order valence-corrected chi connectivity index (χ4v) is 2.95. The molecule has 0 unspecified atom stereocenters. The highest BCUT2D eigenvalue weighted by Gasteiger charge is 2.14. The highest BCUT2D eigenvalue weighted by Crippen LogP contribution is 2.23. The number of amides is 1. The topological polar surface area (TPSA) is 97.0 Å². The average molecular weight is 334 g/mol. The van der Waals surface area contributed by atoms with Crippen molar-refractivity contribution >= 4 is 22.8 Å². The number of fused-ring (bicyclic) bond motifs is 1. The summed E-state index contributed by atoms with van der Waals surface area (Å²) in [6, 6.07) is 9.08. The zero-order chi connectivity index (χ0) is 17.2. The van der Waals surface area contributed by atoms with Gasteiger partial charge in [-0.2, -0.15) is 0 Å². The molecule has 3 heterocycles. The third-order valence-electron chi connectivity index (χ3n) is 4.30. The smallest absolute Gasteiger partial charge is 0.248 e. The van der Waals surface area contributed by atoms with Crippen molar-refractivity contribution in [3.63, 3.8) is 0 Å². The number of pyridine rings is 1. The van der Waals surface area contributed by atoms with Gasteiger partial charge in [-0.05, 0) is 30.3 Å². The molecule has 1 aliphatic heterocycles. The molecular weight excluding hydrogens is 316 g/mol. The number of nitrogens with zero attached hydrogens (tertiary/aromatic N) is 4. The summed E-state index contributed by atoms with van der Waals surface area (Å²) in [5.41, 5.74) is 8.33. The van der Waals surface area contributed by atoms with E-state index in [0.717, 1.165) is 54.3 Å². The van der Waals surface area contributed by atoms with Gasteiger partial charge >= 0.3 is 0 Å². The number of benzene rings is 1. The number of hydrogen-bond donors (Lipinski definition) is 2. The molecule has 1 amide bonds. The molecule has 7 nitrogen and oxygen atoms in total. The summed E-state index contributed by atoms with van der Waals surface area (Å²) in [4.78, 5) is 27.1. The van der Waals surface area contributed by atoms with Crippen LogP contribution in [0.3, 0.4) is 0 Å². The molecule has 7 heteroatoms. The van der Waals surface area contributed by atoms with E-state index in [1.54, 1.807) is 30.6 Å². The SMILES string of the molecule is NC(=O)c1ccc2ncc(-c3ccnc(N4CCNCC4)n3)cc2c1. The summed E-state index contributed by atoms with van der Waals surface area (Å²) >= 11 is 0. The van der Waals surface area contributed by atoms with Crippen molar-refractivity contribution in [1.82, 2.24) is 20.3 Å². The van der Waals surface area contributed by atoms with Crippen LogP contribution in [0.1, 0.15) is 10.4 Å².